The molecule has 8 nitrogen and oxygen atoms in total. The van der Waals surface area contributed by atoms with Crippen molar-refractivity contribution in [3.8, 4) is 11.6 Å². The molecule has 0 saturated carbocycles. The molecule has 0 fully saturated rings. The average molecular weight is 415 g/mol. The summed E-state index contributed by atoms with van der Waals surface area (Å²) >= 11 is 0. The highest BCUT2D eigenvalue weighted by Crippen LogP contribution is 2.22. The summed E-state index contributed by atoms with van der Waals surface area (Å²) < 4.78 is 13.2. The molecular formula is C22H29N3O5. The number of esters is 1. The lowest BCUT2D eigenvalue weighted by Crippen LogP contribution is -2.44. The fourth-order valence-electron chi connectivity index (χ4n) is 2.56. The van der Waals surface area contributed by atoms with E-state index in [4.69, 9.17) is 14.6 Å². The molecule has 0 aliphatic heterocycles. The first-order chi connectivity index (χ1) is 14.0. The number of pyridine rings is 1. The Morgan fingerprint density at radius 2 is 1.90 bits per heavy atom. The number of carboxylic acids is 1. The smallest absolute Gasteiger partial charge is 0.331 e. The van der Waals surface area contributed by atoms with Crippen LogP contribution in [-0.2, 0) is 14.3 Å². The van der Waals surface area contributed by atoms with Crippen molar-refractivity contribution in [2.75, 3.05) is 13.2 Å². The van der Waals surface area contributed by atoms with Crippen molar-refractivity contribution in [2.24, 2.45) is 0 Å². The quantitative estimate of drug-likeness (QED) is 0.479. The number of carbonyl (C=O) groups excluding carboxylic acids is 1. The van der Waals surface area contributed by atoms with E-state index < -0.39 is 18.0 Å². The third-order valence-corrected chi connectivity index (χ3v) is 4.23. The van der Waals surface area contributed by atoms with Crippen molar-refractivity contribution in [2.45, 2.75) is 46.3 Å². The molecule has 2 rings (SSSR count). The summed E-state index contributed by atoms with van der Waals surface area (Å²) in [6.07, 6.45) is 6.60. The Kier molecular flexibility index (Phi) is 7.77. The summed E-state index contributed by atoms with van der Waals surface area (Å²) in [5.41, 5.74) is 2.87. The third-order valence-electron chi connectivity index (χ3n) is 4.23. The maximum atomic E-state index is 11.9. The minimum Gasteiger partial charge on any atom is -0.478 e. The minimum absolute atomic E-state index is 0.0545. The number of nitrogens with zero attached hydrogens (tertiary/aromatic N) is 2. The second-order valence-corrected chi connectivity index (χ2v) is 8.03. The van der Waals surface area contributed by atoms with Crippen molar-refractivity contribution >= 4 is 11.9 Å². The molecule has 0 saturated heterocycles. The zero-order valence-corrected chi connectivity index (χ0v) is 18.0. The number of hydrogen-bond acceptors (Lipinski definition) is 6. The number of aromatic nitrogens is 2. The van der Waals surface area contributed by atoms with Crippen LogP contribution in [0.5, 0.6) is 5.88 Å². The highest BCUT2D eigenvalue weighted by Gasteiger charge is 2.19. The number of rotatable bonds is 9. The average Bonchev–Trinajstić information content (AvgIpc) is 3.00. The molecule has 0 aromatic carbocycles. The Balaban J connectivity index is 2.14. The van der Waals surface area contributed by atoms with Gasteiger partial charge in [-0.25, -0.2) is 14.6 Å². The molecule has 0 radical (unpaired) electrons. The van der Waals surface area contributed by atoms with Crippen LogP contribution >= 0.6 is 0 Å². The summed E-state index contributed by atoms with van der Waals surface area (Å²) in [5, 5.41) is 11.9. The van der Waals surface area contributed by atoms with E-state index in [1.54, 1.807) is 6.20 Å². The summed E-state index contributed by atoms with van der Waals surface area (Å²) in [6.45, 7) is 10.4. The van der Waals surface area contributed by atoms with E-state index in [9.17, 15) is 9.59 Å². The molecule has 2 N–H and O–H groups in total. The molecule has 1 atom stereocenters. The first-order valence-electron chi connectivity index (χ1n) is 9.65. The molecular weight excluding hydrogens is 386 g/mol. The van der Waals surface area contributed by atoms with Gasteiger partial charge in [0.2, 0.25) is 5.88 Å². The summed E-state index contributed by atoms with van der Waals surface area (Å²) in [6, 6.07) is 3.72. The second kappa shape index (κ2) is 10.1. The van der Waals surface area contributed by atoms with Crippen LogP contribution in [0.15, 0.2) is 42.9 Å². The van der Waals surface area contributed by atoms with E-state index >= 15 is 0 Å². The summed E-state index contributed by atoms with van der Waals surface area (Å²) in [5.74, 6) is -1.56. The van der Waals surface area contributed by atoms with Crippen LogP contribution in [0.3, 0.4) is 0 Å². The van der Waals surface area contributed by atoms with Crippen molar-refractivity contribution in [3.05, 3.63) is 54.0 Å². The SMILES string of the molecule is Cc1cn(-c2cccnc2OCC(CNC(C)(C)C)OC(=O)/C=C\C(=O)O)cc1C. The van der Waals surface area contributed by atoms with Gasteiger partial charge in [-0.15, -0.1) is 0 Å². The molecule has 0 aliphatic rings. The van der Waals surface area contributed by atoms with Crippen molar-refractivity contribution in [1.82, 2.24) is 14.9 Å². The Morgan fingerprint density at radius 1 is 1.23 bits per heavy atom. The molecule has 0 bridgehead atoms. The maximum Gasteiger partial charge on any atom is 0.331 e. The predicted molar refractivity (Wildman–Crippen MR) is 113 cm³/mol. The van der Waals surface area contributed by atoms with Crippen LogP contribution in [0.25, 0.3) is 5.69 Å². The van der Waals surface area contributed by atoms with Crippen LogP contribution in [0, 0.1) is 13.8 Å². The van der Waals surface area contributed by atoms with Crippen LogP contribution in [0.1, 0.15) is 31.9 Å². The van der Waals surface area contributed by atoms with E-state index in [2.05, 4.69) is 10.3 Å². The molecule has 162 valence electrons. The van der Waals surface area contributed by atoms with E-state index in [0.29, 0.717) is 12.4 Å². The highest BCUT2D eigenvalue weighted by molar-refractivity contribution is 5.90. The van der Waals surface area contributed by atoms with Gasteiger partial charge in [0.15, 0.2) is 0 Å². The molecule has 8 heteroatoms. The molecule has 0 aliphatic carbocycles. The molecule has 2 aromatic rings. The van der Waals surface area contributed by atoms with Gasteiger partial charge in [-0.1, -0.05) is 0 Å². The van der Waals surface area contributed by atoms with Crippen molar-refractivity contribution < 1.29 is 24.2 Å². The van der Waals surface area contributed by atoms with Gasteiger partial charge in [0.1, 0.15) is 18.4 Å². The van der Waals surface area contributed by atoms with Gasteiger partial charge in [0, 0.05) is 42.8 Å². The maximum absolute atomic E-state index is 11.9. The van der Waals surface area contributed by atoms with Gasteiger partial charge in [0.25, 0.3) is 0 Å². The van der Waals surface area contributed by atoms with Crippen LogP contribution in [0.4, 0.5) is 0 Å². The van der Waals surface area contributed by atoms with E-state index in [1.807, 2.05) is 63.7 Å². The largest absolute Gasteiger partial charge is 0.478 e. The van der Waals surface area contributed by atoms with Gasteiger partial charge in [-0.3, -0.25) is 0 Å². The molecule has 2 aromatic heterocycles. The van der Waals surface area contributed by atoms with Gasteiger partial charge in [0.05, 0.1) is 0 Å². The Labute approximate surface area is 176 Å². The van der Waals surface area contributed by atoms with Crippen molar-refractivity contribution in [1.29, 1.82) is 0 Å². The molecule has 1 unspecified atom stereocenters. The number of ether oxygens (including phenoxy) is 2. The lowest BCUT2D eigenvalue weighted by Gasteiger charge is -2.25. The number of nitrogens with one attached hydrogen (secondary N) is 1. The van der Waals surface area contributed by atoms with Crippen LogP contribution in [0.2, 0.25) is 0 Å². The van der Waals surface area contributed by atoms with Gasteiger partial charge < -0.3 is 24.5 Å². The second-order valence-electron chi connectivity index (χ2n) is 8.03. The van der Waals surface area contributed by atoms with Gasteiger partial charge >= 0.3 is 11.9 Å². The lowest BCUT2D eigenvalue weighted by atomic mass is 10.1. The Bertz CT molecular complexity index is 892. The summed E-state index contributed by atoms with van der Waals surface area (Å²) in [7, 11) is 0. The van der Waals surface area contributed by atoms with Crippen LogP contribution in [-0.4, -0.2) is 51.4 Å². The zero-order chi connectivity index (χ0) is 22.3. The fourth-order valence-corrected chi connectivity index (χ4v) is 2.56. The normalized spacial score (nSPS) is 12.7. The summed E-state index contributed by atoms with van der Waals surface area (Å²) in [4.78, 5) is 26.9. The predicted octanol–water partition coefficient (Wildman–Crippen LogP) is 2.81. The van der Waals surface area contributed by atoms with E-state index in [1.165, 1.54) is 0 Å². The molecule has 0 spiro atoms. The Morgan fingerprint density at radius 3 is 2.50 bits per heavy atom. The lowest BCUT2D eigenvalue weighted by molar-refractivity contribution is -0.145. The van der Waals surface area contributed by atoms with E-state index in [-0.39, 0.29) is 12.1 Å². The Hall–Kier alpha value is -3.13. The fraction of sp³-hybridized carbons (Fsp3) is 0.409. The van der Waals surface area contributed by atoms with Gasteiger partial charge in [-0.2, -0.15) is 0 Å². The van der Waals surface area contributed by atoms with Gasteiger partial charge in [-0.05, 0) is 57.9 Å². The molecule has 2 heterocycles. The number of hydrogen-bond donors (Lipinski definition) is 2. The topological polar surface area (TPSA) is 103 Å². The number of aliphatic carboxylic acids is 1. The zero-order valence-electron chi connectivity index (χ0n) is 18.0. The van der Waals surface area contributed by atoms with Crippen LogP contribution < -0.4 is 10.1 Å². The highest BCUT2D eigenvalue weighted by atomic mass is 16.6. The number of aryl methyl sites for hydroxylation is 2. The van der Waals surface area contributed by atoms with Crippen molar-refractivity contribution in [3.63, 3.8) is 0 Å². The third kappa shape index (κ3) is 7.36. The monoisotopic (exact) mass is 415 g/mol. The number of carboxylic acid groups (broad SMARTS) is 1. The first kappa shape index (κ1) is 23.2. The first-order valence-corrected chi connectivity index (χ1v) is 9.65. The number of carbonyl (C=O) groups is 2. The van der Waals surface area contributed by atoms with E-state index in [0.717, 1.165) is 29.0 Å². The molecule has 30 heavy (non-hydrogen) atoms. The molecule has 0 amide bonds. The standard InChI is InChI=1S/C22H29N3O5/c1-15-12-25(13-16(15)2)18-7-6-10-23-21(18)29-14-17(11-24-22(3,4)5)30-20(28)9-8-19(26)27/h6-10,12-13,17,24H,11,14H2,1-5H3,(H,26,27)/b9-8-. The minimum atomic E-state index is -1.22.